The van der Waals surface area contributed by atoms with Crippen LogP contribution in [-0.4, -0.2) is 58.4 Å². The SMILES string of the molecule is C=C1C[C@]23C[C@@]1(OCOC)CC[C@H]2[C@]12C4C(=O)[C@](C)(C[C@@H](OCOC)[C@H]41)[C@H]2[C@@H]3C(=O)OC. The molecule has 10 atom stereocenters. The Bertz CT molecular complexity index is 901. The first-order chi connectivity index (χ1) is 15.3. The van der Waals surface area contributed by atoms with Crippen molar-refractivity contribution in [3.05, 3.63) is 12.2 Å². The second-order valence-corrected chi connectivity index (χ2v) is 11.4. The molecule has 0 aromatic rings. The Labute approximate surface area is 189 Å². The molecule has 0 N–H and O–H groups in total. The summed E-state index contributed by atoms with van der Waals surface area (Å²) in [4.78, 5) is 27.1. The minimum atomic E-state index is -0.567. The second-order valence-electron chi connectivity index (χ2n) is 11.4. The molecule has 1 unspecified atom stereocenters. The average molecular weight is 447 g/mol. The number of ketones is 1. The van der Waals surface area contributed by atoms with E-state index in [0.29, 0.717) is 12.2 Å². The first-order valence-corrected chi connectivity index (χ1v) is 11.8. The maximum absolute atomic E-state index is 13.7. The Morgan fingerprint density at radius 2 is 1.94 bits per heavy atom. The van der Waals surface area contributed by atoms with Gasteiger partial charge in [-0.1, -0.05) is 13.5 Å². The maximum Gasteiger partial charge on any atom is 0.309 e. The van der Waals surface area contributed by atoms with Crippen LogP contribution < -0.4 is 0 Å². The number of Topliss-reactive ketones (excluding diaryl/α,β-unsaturated/α-hetero) is 1. The Kier molecular flexibility index (Phi) is 4.28. The van der Waals surface area contributed by atoms with Crippen molar-refractivity contribution in [1.82, 2.24) is 0 Å². The molecule has 0 heterocycles. The molecule has 7 saturated carbocycles. The van der Waals surface area contributed by atoms with Gasteiger partial charge in [-0.15, -0.1) is 0 Å². The summed E-state index contributed by atoms with van der Waals surface area (Å²) < 4.78 is 28.3. The van der Waals surface area contributed by atoms with Gasteiger partial charge in [0.2, 0.25) is 0 Å². The fourth-order valence-electron chi connectivity index (χ4n) is 10.1. The van der Waals surface area contributed by atoms with Gasteiger partial charge in [0.1, 0.15) is 19.4 Å². The zero-order valence-corrected chi connectivity index (χ0v) is 19.5. The molecule has 7 heteroatoms. The molecule has 0 aromatic carbocycles. The number of esters is 1. The normalized spacial score (nSPS) is 53.9. The van der Waals surface area contributed by atoms with Gasteiger partial charge in [0.15, 0.2) is 0 Å². The van der Waals surface area contributed by atoms with Crippen molar-refractivity contribution in [3.8, 4) is 0 Å². The van der Waals surface area contributed by atoms with Gasteiger partial charge >= 0.3 is 5.97 Å². The highest BCUT2D eigenvalue weighted by molar-refractivity contribution is 5.98. The Hall–Kier alpha value is -1.28. The summed E-state index contributed by atoms with van der Waals surface area (Å²) in [6.45, 7) is 6.96. The number of methoxy groups -OCH3 is 3. The first kappa shape index (κ1) is 21.3. The number of hydrogen-bond acceptors (Lipinski definition) is 7. The summed E-state index contributed by atoms with van der Waals surface area (Å²) in [6, 6.07) is 0. The van der Waals surface area contributed by atoms with Crippen molar-refractivity contribution in [2.24, 2.45) is 45.8 Å². The van der Waals surface area contributed by atoms with Gasteiger partial charge in [-0.05, 0) is 60.3 Å². The van der Waals surface area contributed by atoms with E-state index < -0.39 is 11.0 Å². The smallest absolute Gasteiger partial charge is 0.309 e. The van der Waals surface area contributed by atoms with E-state index in [-0.39, 0.29) is 66.1 Å². The molecule has 2 spiro atoms. The van der Waals surface area contributed by atoms with Crippen LogP contribution in [-0.2, 0) is 33.3 Å². The lowest BCUT2D eigenvalue weighted by atomic mass is 9.58. The number of fused-ring (bicyclic) bond motifs is 2. The van der Waals surface area contributed by atoms with Crippen LogP contribution in [0.1, 0.15) is 39.0 Å². The zero-order chi connectivity index (χ0) is 22.7. The molecular weight excluding hydrogens is 412 g/mol. The van der Waals surface area contributed by atoms with E-state index in [9.17, 15) is 9.59 Å². The van der Waals surface area contributed by atoms with Crippen molar-refractivity contribution in [2.45, 2.75) is 50.7 Å². The van der Waals surface area contributed by atoms with Crippen molar-refractivity contribution < 1.29 is 33.3 Å². The largest absolute Gasteiger partial charge is 0.469 e. The van der Waals surface area contributed by atoms with Crippen molar-refractivity contribution in [3.63, 3.8) is 0 Å². The maximum atomic E-state index is 13.7. The third-order valence-electron chi connectivity index (χ3n) is 10.7. The summed E-state index contributed by atoms with van der Waals surface area (Å²) in [7, 11) is 4.74. The Morgan fingerprint density at radius 3 is 2.62 bits per heavy atom. The molecule has 6 bridgehead atoms. The molecule has 7 nitrogen and oxygen atoms in total. The number of ether oxygens (including phenoxy) is 5. The van der Waals surface area contributed by atoms with Gasteiger partial charge in [0.25, 0.3) is 0 Å². The first-order valence-electron chi connectivity index (χ1n) is 11.8. The molecule has 0 radical (unpaired) electrons. The molecular formula is C25H34O7. The topological polar surface area (TPSA) is 80.3 Å². The van der Waals surface area contributed by atoms with E-state index in [1.54, 1.807) is 14.2 Å². The highest BCUT2D eigenvalue weighted by Gasteiger charge is 2.95. The second kappa shape index (κ2) is 6.44. The van der Waals surface area contributed by atoms with Crippen LogP contribution in [0.3, 0.4) is 0 Å². The molecule has 7 rings (SSSR count). The van der Waals surface area contributed by atoms with E-state index in [0.717, 1.165) is 31.3 Å². The van der Waals surface area contributed by atoms with E-state index in [2.05, 4.69) is 13.5 Å². The number of carbonyl (C=O) groups is 2. The number of hydrogen-bond donors (Lipinski definition) is 0. The zero-order valence-electron chi connectivity index (χ0n) is 19.5. The minimum absolute atomic E-state index is 0.00136. The van der Waals surface area contributed by atoms with Gasteiger partial charge in [-0.2, -0.15) is 0 Å². The molecule has 0 aromatic heterocycles. The monoisotopic (exact) mass is 446 g/mol. The van der Waals surface area contributed by atoms with Gasteiger partial charge in [0, 0.05) is 31.5 Å². The molecule has 0 aliphatic heterocycles. The van der Waals surface area contributed by atoms with E-state index in [1.807, 2.05) is 0 Å². The van der Waals surface area contributed by atoms with E-state index >= 15 is 0 Å². The lowest BCUT2D eigenvalue weighted by molar-refractivity contribution is -0.167. The summed E-state index contributed by atoms with van der Waals surface area (Å²) in [6.07, 6.45) is 3.97. The standard InChI is InChI=1S/C25H34O7/c1-13-8-23-10-24(13,32-12-29-4)7-6-15(23)25-16-14(31-11-28-3)9-22(2,20(26)17(16)25)19(25)18(23)21(27)30-5/h14-19H,1,6-12H2,2-5H3/t14-,15-,16-,17?,18-,19-,22-,23+,24+,25-/m1/s1. The molecule has 176 valence electrons. The Morgan fingerprint density at radius 1 is 1.19 bits per heavy atom. The molecule has 0 amide bonds. The average Bonchev–Trinajstić information content (AvgIpc) is 3.25. The molecule has 0 saturated heterocycles. The van der Waals surface area contributed by atoms with Crippen LogP contribution in [0.4, 0.5) is 0 Å². The van der Waals surface area contributed by atoms with Crippen molar-refractivity contribution >= 4 is 11.8 Å². The fraction of sp³-hybridized carbons (Fsp3) is 0.840. The fourth-order valence-corrected chi connectivity index (χ4v) is 10.1. The van der Waals surface area contributed by atoms with Crippen LogP contribution in [0.25, 0.3) is 0 Å². The predicted molar refractivity (Wildman–Crippen MR) is 112 cm³/mol. The quantitative estimate of drug-likeness (QED) is 0.338. The van der Waals surface area contributed by atoms with Crippen molar-refractivity contribution in [2.75, 3.05) is 34.9 Å². The third kappa shape index (κ3) is 2.05. The predicted octanol–water partition coefficient (Wildman–Crippen LogP) is 2.73. The lowest BCUT2D eigenvalue weighted by Crippen LogP contribution is -2.51. The van der Waals surface area contributed by atoms with E-state index in [1.165, 1.54) is 7.11 Å². The van der Waals surface area contributed by atoms with Gasteiger partial charge in [-0.25, -0.2) is 0 Å². The third-order valence-corrected chi connectivity index (χ3v) is 10.7. The van der Waals surface area contributed by atoms with Crippen LogP contribution in [0.15, 0.2) is 12.2 Å². The lowest BCUT2D eigenvalue weighted by Gasteiger charge is -2.46. The molecule has 7 aliphatic carbocycles. The van der Waals surface area contributed by atoms with Crippen LogP contribution in [0, 0.1) is 45.8 Å². The van der Waals surface area contributed by atoms with Crippen LogP contribution in [0.5, 0.6) is 0 Å². The highest BCUT2D eigenvalue weighted by Crippen LogP contribution is 2.93. The molecule has 7 fully saturated rings. The summed E-state index contributed by atoms with van der Waals surface area (Å²) in [5.41, 5.74) is -0.391. The summed E-state index contributed by atoms with van der Waals surface area (Å²) in [5, 5.41) is 0. The van der Waals surface area contributed by atoms with Crippen LogP contribution >= 0.6 is 0 Å². The number of rotatable bonds is 7. The number of carbonyl (C=O) groups excluding carboxylic acids is 2. The summed E-state index contributed by atoms with van der Waals surface area (Å²) in [5.74, 6) is 0.308. The molecule has 32 heavy (non-hydrogen) atoms. The van der Waals surface area contributed by atoms with Crippen LogP contribution in [0.2, 0.25) is 0 Å². The van der Waals surface area contributed by atoms with E-state index in [4.69, 9.17) is 23.7 Å². The van der Waals surface area contributed by atoms with Gasteiger partial charge in [0.05, 0.1) is 24.7 Å². The van der Waals surface area contributed by atoms with Gasteiger partial charge in [-0.3, -0.25) is 9.59 Å². The molecule has 7 aliphatic rings. The van der Waals surface area contributed by atoms with Crippen molar-refractivity contribution in [1.29, 1.82) is 0 Å². The minimum Gasteiger partial charge on any atom is -0.469 e. The summed E-state index contributed by atoms with van der Waals surface area (Å²) >= 11 is 0. The highest BCUT2D eigenvalue weighted by atomic mass is 16.7. The Balaban J connectivity index is 1.47. The van der Waals surface area contributed by atoms with Gasteiger partial charge < -0.3 is 23.7 Å².